The van der Waals surface area contributed by atoms with Gasteiger partial charge in [0.1, 0.15) is 0 Å². The molecule has 0 radical (unpaired) electrons. The molecule has 0 atom stereocenters. The molecule has 0 aliphatic rings. The molecule has 0 rings (SSSR count). The van der Waals surface area contributed by atoms with E-state index in [1.807, 2.05) is 0 Å². The van der Waals surface area contributed by atoms with E-state index in [1.54, 1.807) is 14.1 Å². The van der Waals surface area contributed by atoms with Crippen molar-refractivity contribution >= 4 is 12.4 Å². The van der Waals surface area contributed by atoms with E-state index in [1.165, 1.54) is 11.2 Å². The summed E-state index contributed by atoms with van der Waals surface area (Å²) in [6.07, 6.45) is 2.12. The van der Waals surface area contributed by atoms with Crippen molar-refractivity contribution in [1.82, 2.24) is 10.2 Å². The highest BCUT2D eigenvalue weighted by atomic mass is 16.2. The second-order valence-electron chi connectivity index (χ2n) is 2.50. The number of nitrogens with zero attached hydrogens (tertiary/aromatic N) is 5. The summed E-state index contributed by atoms with van der Waals surface area (Å²) in [4.78, 5) is 18.9. The summed E-state index contributed by atoms with van der Waals surface area (Å²) in [5.74, 6) is 0. The normalized spacial score (nSPS) is 9.57. The second kappa shape index (κ2) is 7.88. The van der Waals surface area contributed by atoms with Gasteiger partial charge >= 0.3 is 6.03 Å². The van der Waals surface area contributed by atoms with Crippen LogP contribution in [0, 0.1) is 0 Å². The lowest BCUT2D eigenvalue weighted by molar-refractivity contribution is 0.229. The van der Waals surface area contributed by atoms with Crippen molar-refractivity contribution in [3.05, 3.63) is 10.4 Å². The molecule has 0 aromatic rings. The summed E-state index contributed by atoms with van der Waals surface area (Å²) >= 11 is 0. The van der Waals surface area contributed by atoms with E-state index in [0.717, 1.165) is 0 Å². The van der Waals surface area contributed by atoms with Gasteiger partial charge in [0.15, 0.2) is 0 Å². The molecule has 0 heterocycles. The van der Waals surface area contributed by atoms with Crippen LogP contribution < -0.4 is 5.32 Å². The monoisotopic (exact) mass is 198 g/mol. The third-order valence-electron chi connectivity index (χ3n) is 1.40. The summed E-state index contributed by atoms with van der Waals surface area (Å²) in [5.41, 5.74) is 7.97. The molecule has 0 unspecified atom stereocenters. The van der Waals surface area contributed by atoms with Gasteiger partial charge < -0.3 is 5.32 Å². The predicted molar refractivity (Wildman–Crippen MR) is 54.2 cm³/mol. The molecule has 0 spiro atoms. The molecule has 0 aliphatic heterocycles. The number of rotatable bonds is 5. The van der Waals surface area contributed by atoms with Crippen LogP contribution in [0.3, 0.4) is 0 Å². The summed E-state index contributed by atoms with van der Waals surface area (Å²) in [7, 11) is 3.16. The van der Waals surface area contributed by atoms with Crippen LogP contribution in [0.1, 0.15) is 6.42 Å². The fraction of sp³-hybridized carbons (Fsp3) is 0.714. The van der Waals surface area contributed by atoms with Gasteiger partial charge in [-0.1, -0.05) is 5.11 Å². The third-order valence-corrected chi connectivity index (χ3v) is 1.40. The lowest BCUT2D eigenvalue weighted by Crippen LogP contribution is -2.33. The molecular formula is C7H14N6O. The molecular weight excluding hydrogens is 184 g/mol. The Labute approximate surface area is 82.4 Å². The Morgan fingerprint density at radius 1 is 1.64 bits per heavy atom. The molecule has 0 bridgehead atoms. The fourth-order valence-electron chi connectivity index (χ4n) is 0.686. The largest absolute Gasteiger partial charge is 0.341 e. The number of hydrogen-bond acceptors (Lipinski definition) is 3. The maximum atomic E-state index is 10.9. The van der Waals surface area contributed by atoms with Crippen molar-refractivity contribution in [2.75, 3.05) is 27.2 Å². The van der Waals surface area contributed by atoms with Crippen LogP contribution in [0.25, 0.3) is 10.4 Å². The molecule has 0 saturated carbocycles. The maximum absolute atomic E-state index is 10.9. The SMILES string of the molecule is CNC(=O)N(C)C=NCCCN=[N+]=[N-]. The van der Waals surface area contributed by atoms with Crippen LogP contribution in [0.2, 0.25) is 0 Å². The average molecular weight is 198 g/mol. The Hall–Kier alpha value is -1.75. The molecule has 14 heavy (non-hydrogen) atoms. The van der Waals surface area contributed by atoms with Crippen LogP contribution >= 0.6 is 0 Å². The highest BCUT2D eigenvalue weighted by Crippen LogP contribution is 1.84. The Kier molecular flexibility index (Phi) is 6.89. The predicted octanol–water partition coefficient (Wildman–Crippen LogP) is 0.986. The van der Waals surface area contributed by atoms with Gasteiger partial charge in [0.25, 0.3) is 0 Å². The molecule has 0 fully saturated rings. The van der Waals surface area contributed by atoms with Crippen molar-refractivity contribution in [3.63, 3.8) is 0 Å². The quantitative estimate of drug-likeness (QED) is 0.175. The summed E-state index contributed by atoms with van der Waals surface area (Å²) < 4.78 is 0. The molecule has 2 amide bonds. The maximum Gasteiger partial charge on any atom is 0.322 e. The molecule has 78 valence electrons. The summed E-state index contributed by atoms with van der Waals surface area (Å²) in [6.45, 7) is 0.970. The minimum atomic E-state index is -0.219. The number of nitrogens with one attached hydrogen (secondary N) is 1. The van der Waals surface area contributed by atoms with E-state index in [0.29, 0.717) is 19.5 Å². The van der Waals surface area contributed by atoms with Crippen molar-refractivity contribution in [2.45, 2.75) is 6.42 Å². The summed E-state index contributed by atoms with van der Waals surface area (Å²) in [6, 6.07) is -0.219. The zero-order chi connectivity index (χ0) is 10.8. The highest BCUT2D eigenvalue weighted by molar-refractivity contribution is 5.85. The molecule has 0 saturated heterocycles. The Morgan fingerprint density at radius 2 is 2.36 bits per heavy atom. The number of azide groups is 1. The Bertz CT molecular complexity index is 245. The van der Waals surface area contributed by atoms with Crippen molar-refractivity contribution < 1.29 is 4.79 Å². The van der Waals surface area contributed by atoms with Gasteiger partial charge in [-0.15, -0.1) is 0 Å². The van der Waals surface area contributed by atoms with E-state index in [-0.39, 0.29) is 6.03 Å². The van der Waals surface area contributed by atoms with E-state index >= 15 is 0 Å². The molecule has 0 aromatic carbocycles. The zero-order valence-electron chi connectivity index (χ0n) is 8.34. The smallest absolute Gasteiger partial charge is 0.322 e. The van der Waals surface area contributed by atoms with Crippen molar-refractivity contribution in [2.24, 2.45) is 10.1 Å². The van der Waals surface area contributed by atoms with E-state index in [9.17, 15) is 4.79 Å². The molecule has 7 heteroatoms. The van der Waals surface area contributed by atoms with Crippen LogP contribution in [-0.4, -0.2) is 44.5 Å². The highest BCUT2D eigenvalue weighted by Gasteiger charge is 1.99. The first-order chi connectivity index (χ1) is 6.72. The minimum Gasteiger partial charge on any atom is -0.341 e. The molecule has 1 N–H and O–H groups in total. The van der Waals surface area contributed by atoms with Gasteiger partial charge in [-0.05, 0) is 12.0 Å². The first-order valence-corrected chi connectivity index (χ1v) is 4.17. The van der Waals surface area contributed by atoms with E-state index < -0.39 is 0 Å². The first kappa shape index (κ1) is 12.2. The lowest BCUT2D eigenvalue weighted by Gasteiger charge is -2.08. The van der Waals surface area contributed by atoms with Crippen LogP contribution in [0.5, 0.6) is 0 Å². The fourth-order valence-corrected chi connectivity index (χ4v) is 0.686. The number of carbonyl (C=O) groups is 1. The zero-order valence-corrected chi connectivity index (χ0v) is 8.34. The van der Waals surface area contributed by atoms with Crippen molar-refractivity contribution in [1.29, 1.82) is 0 Å². The van der Waals surface area contributed by atoms with Crippen LogP contribution in [0.4, 0.5) is 4.79 Å². The second-order valence-corrected chi connectivity index (χ2v) is 2.50. The summed E-state index contributed by atoms with van der Waals surface area (Å²) in [5, 5.41) is 5.81. The topological polar surface area (TPSA) is 93.5 Å². The Balaban J connectivity index is 3.61. The molecule has 0 aromatic heterocycles. The number of hydrogen-bond donors (Lipinski definition) is 1. The van der Waals surface area contributed by atoms with Crippen molar-refractivity contribution in [3.8, 4) is 0 Å². The minimum absolute atomic E-state index is 0.219. The van der Waals surface area contributed by atoms with Gasteiger partial charge in [-0.25, -0.2) is 4.79 Å². The molecule has 7 nitrogen and oxygen atoms in total. The van der Waals surface area contributed by atoms with Crippen LogP contribution in [-0.2, 0) is 0 Å². The number of urea groups is 1. The van der Waals surface area contributed by atoms with Gasteiger partial charge in [0, 0.05) is 32.1 Å². The van der Waals surface area contributed by atoms with Gasteiger partial charge in [0.05, 0.1) is 6.34 Å². The number of carbonyl (C=O) groups excluding carboxylic acids is 1. The average Bonchev–Trinajstić information content (AvgIpc) is 2.21. The molecule has 0 aliphatic carbocycles. The van der Waals surface area contributed by atoms with Gasteiger partial charge in [0.2, 0.25) is 0 Å². The van der Waals surface area contributed by atoms with E-state index in [2.05, 4.69) is 20.3 Å². The van der Waals surface area contributed by atoms with Gasteiger partial charge in [-0.2, -0.15) is 0 Å². The third kappa shape index (κ3) is 5.84. The lowest BCUT2D eigenvalue weighted by atomic mass is 10.4. The van der Waals surface area contributed by atoms with Gasteiger partial charge in [-0.3, -0.25) is 9.89 Å². The first-order valence-electron chi connectivity index (χ1n) is 4.17. The van der Waals surface area contributed by atoms with E-state index in [4.69, 9.17) is 5.53 Å². The number of aliphatic imine (C=N–C) groups is 1. The number of amides is 2. The Morgan fingerprint density at radius 3 is 2.93 bits per heavy atom. The standard InChI is InChI=1S/C7H14N6O/c1-9-7(14)13(2)6-10-4-3-5-11-12-8/h6H,3-5H2,1-2H3,(H,9,14). The van der Waals surface area contributed by atoms with Crippen LogP contribution in [0.15, 0.2) is 10.1 Å².